The number of hydrogen-bond acceptors (Lipinski definition) is 4. The molecule has 132 valence electrons. The van der Waals surface area contributed by atoms with Gasteiger partial charge in [0.15, 0.2) is 0 Å². The van der Waals surface area contributed by atoms with Crippen LogP contribution in [0.4, 0.5) is 11.4 Å². The van der Waals surface area contributed by atoms with Crippen LogP contribution in [0, 0.1) is 0 Å². The summed E-state index contributed by atoms with van der Waals surface area (Å²) in [6, 6.07) is 12.7. The number of rotatable bonds is 6. The molecule has 0 radical (unpaired) electrons. The zero-order chi connectivity index (χ0) is 18.4. The van der Waals surface area contributed by atoms with Crippen molar-refractivity contribution in [2.45, 2.75) is 12.8 Å². The van der Waals surface area contributed by atoms with E-state index < -0.39 is 5.97 Å². The molecule has 0 aliphatic carbocycles. The van der Waals surface area contributed by atoms with E-state index in [4.69, 9.17) is 11.6 Å². The SMILES string of the molecule is COC(=O)c1ccc(Cl)c(NC(=O)CCc2ccc(N(C)C)cc2)c1. The molecule has 1 N–H and O–H groups in total. The Morgan fingerprint density at radius 3 is 2.40 bits per heavy atom. The first-order valence-corrected chi connectivity index (χ1v) is 8.22. The Balaban J connectivity index is 1.97. The summed E-state index contributed by atoms with van der Waals surface area (Å²) in [5.74, 6) is -0.645. The van der Waals surface area contributed by atoms with Gasteiger partial charge in [0.05, 0.1) is 23.4 Å². The second-order valence-corrected chi connectivity index (χ2v) is 6.20. The zero-order valence-corrected chi connectivity index (χ0v) is 15.3. The van der Waals surface area contributed by atoms with Crippen molar-refractivity contribution in [3.8, 4) is 0 Å². The Morgan fingerprint density at radius 1 is 1.12 bits per heavy atom. The van der Waals surface area contributed by atoms with Gasteiger partial charge in [-0.05, 0) is 42.3 Å². The van der Waals surface area contributed by atoms with Gasteiger partial charge < -0.3 is 15.0 Å². The molecule has 0 heterocycles. The smallest absolute Gasteiger partial charge is 0.337 e. The lowest BCUT2D eigenvalue weighted by Gasteiger charge is -2.12. The van der Waals surface area contributed by atoms with Crippen LogP contribution in [0.2, 0.25) is 5.02 Å². The molecule has 0 unspecified atom stereocenters. The van der Waals surface area contributed by atoms with Gasteiger partial charge >= 0.3 is 5.97 Å². The Morgan fingerprint density at radius 2 is 1.80 bits per heavy atom. The van der Waals surface area contributed by atoms with Gasteiger partial charge in [0.1, 0.15) is 0 Å². The van der Waals surface area contributed by atoms with Crippen molar-refractivity contribution in [1.82, 2.24) is 0 Å². The number of methoxy groups -OCH3 is 1. The van der Waals surface area contributed by atoms with Crippen LogP contribution < -0.4 is 10.2 Å². The highest BCUT2D eigenvalue weighted by Gasteiger charge is 2.11. The highest BCUT2D eigenvalue weighted by atomic mass is 35.5. The molecule has 2 aromatic rings. The van der Waals surface area contributed by atoms with Crippen LogP contribution in [0.5, 0.6) is 0 Å². The van der Waals surface area contributed by atoms with E-state index in [1.165, 1.54) is 13.2 Å². The van der Waals surface area contributed by atoms with Crippen LogP contribution in [-0.4, -0.2) is 33.1 Å². The number of hydrogen-bond donors (Lipinski definition) is 1. The van der Waals surface area contributed by atoms with E-state index in [0.29, 0.717) is 29.1 Å². The van der Waals surface area contributed by atoms with E-state index in [-0.39, 0.29) is 5.91 Å². The second kappa shape index (κ2) is 8.53. The summed E-state index contributed by atoms with van der Waals surface area (Å²) in [4.78, 5) is 25.8. The van der Waals surface area contributed by atoms with Crippen LogP contribution in [0.25, 0.3) is 0 Å². The fraction of sp³-hybridized carbons (Fsp3) is 0.263. The predicted octanol–water partition coefficient (Wildman–Crippen LogP) is 3.76. The number of nitrogens with zero attached hydrogens (tertiary/aromatic N) is 1. The molecule has 0 spiro atoms. The van der Waals surface area contributed by atoms with E-state index in [1.807, 2.05) is 43.3 Å². The third-order valence-corrected chi connectivity index (χ3v) is 4.08. The van der Waals surface area contributed by atoms with Crippen LogP contribution in [0.3, 0.4) is 0 Å². The third kappa shape index (κ3) is 5.22. The van der Waals surface area contributed by atoms with Gasteiger partial charge in [-0.2, -0.15) is 0 Å². The third-order valence-electron chi connectivity index (χ3n) is 3.76. The molecule has 6 heteroatoms. The molecular formula is C19H21ClN2O3. The first-order valence-electron chi connectivity index (χ1n) is 7.84. The molecule has 5 nitrogen and oxygen atoms in total. The van der Waals surface area contributed by atoms with E-state index in [0.717, 1.165) is 11.3 Å². The predicted molar refractivity (Wildman–Crippen MR) is 101 cm³/mol. The minimum Gasteiger partial charge on any atom is -0.465 e. The number of nitrogens with one attached hydrogen (secondary N) is 1. The monoisotopic (exact) mass is 360 g/mol. The highest BCUT2D eigenvalue weighted by molar-refractivity contribution is 6.33. The number of anilines is 2. The summed E-state index contributed by atoms with van der Waals surface area (Å²) < 4.78 is 4.67. The van der Waals surface area contributed by atoms with Crippen molar-refractivity contribution in [2.75, 3.05) is 31.4 Å². The van der Waals surface area contributed by atoms with E-state index in [1.54, 1.807) is 12.1 Å². The van der Waals surface area contributed by atoms with Crippen molar-refractivity contribution in [1.29, 1.82) is 0 Å². The Hall–Kier alpha value is -2.53. The Bertz CT molecular complexity index is 758. The number of ether oxygens (including phenoxy) is 1. The van der Waals surface area contributed by atoms with Crippen molar-refractivity contribution in [3.63, 3.8) is 0 Å². The first kappa shape index (κ1) is 18.8. The van der Waals surface area contributed by atoms with Gasteiger partial charge in [0, 0.05) is 26.2 Å². The van der Waals surface area contributed by atoms with E-state index in [9.17, 15) is 9.59 Å². The molecule has 0 saturated heterocycles. The van der Waals surface area contributed by atoms with Gasteiger partial charge in [0.2, 0.25) is 5.91 Å². The summed E-state index contributed by atoms with van der Waals surface area (Å²) in [6.07, 6.45) is 0.938. The molecule has 0 saturated carbocycles. The zero-order valence-electron chi connectivity index (χ0n) is 14.5. The molecule has 0 aliphatic heterocycles. The average Bonchev–Trinajstić information content (AvgIpc) is 2.61. The fourth-order valence-corrected chi connectivity index (χ4v) is 2.46. The molecule has 0 aliphatic rings. The van der Waals surface area contributed by atoms with Crippen LogP contribution in [0.1, 0.15) is 22.3 Å². The quantitative estimate of drug-likeness (QED) is 0.797. The summed E-state index contributed by atoms with van der Waals surface area (Å²) >= 11 is 6.08. The van der Waals surface area contributed by atoms with Crippen LogP contribution >= 0.6 is 11.6 Å². The average molecular weight is 361 g/mol. The lowest BCUT2D eigenvalue weighted by molar-refractivity contribution is -0.116. The molecule has 0 atom stereocenters. The molecule has 1 amide bonds. The largest absolute Gasteiger partial charge is 0.465 e. The first-order chi connectivity index (χ1) is 11.9. The van der Waals surface area contributed by atoms with Crippen molar-refractivity contribution in [3.05, 3.63) is 58.6 Å². The summed E-state index contributed by atoms with van der Waals surface area (Å²) in [5.41, 5.74) is 2.92. The van der Waals surface area contributed by atoms with Gasteiger partial charge in [-0.1, -0.05) is 23.7 Å². The summed E-state index contributed by atoms with van der Waals surface area (Å²) in [6.45, 7) is 0. The summed E-state index contributed by atoms with van der Waals surface area (Å²) in [5, 5.41) is 3.11. The molecule has 0 bridgehead atoms. The van der Waals surface area contributed by atoms with Crippen LogP contribution in [0.15, 0.2) is 42.5 Å². The molecule has 0 fully saturated rings. The molecule has 0 aromatic heterocycles. The topological polar surface area (TPSA) is 58.6 Å². The van der Waals surface area contributed by atoms with Gasteiger partial charge in [-0.15, -0.1) is 0 Å². The Labute approximate surface area is 152 Å². The maximum absolute atomic E-state index is 12.2. The maximum Gasteiger partial charge on any atom is 0.337 e. The number of amides is 1. The lowest BCUT2D eigenvalue weighted by Crippen LogP contribution is -2.13. The van der Waals surface area contributed by atoms with Crippen LogP contribution in [-0.2, 0) is 16.0 Å². The molecule has 2 rings (SSSR count). The maximum atomic E-state index is 12.2. The standard InChI is InChI=1S/C19H21ClN2O3/c1-22(2)15-8-4-13(5-9-15)6-11-18(23)21-17-12-14(19(24)25-3)7-10-16(17)20/h4-5,7-10,12H,6,11H2,1-3H3,(H,21,23). The van der Waals surface area contributed by atoms with Crippen molar-refractivity contribution >= 4 is 34.9 Å². The van der Waals surface area contributed by atoms with Crippen molar-refractivity contribution in [2.24, 2.45) is 0 Å². The number of halogens is 1. The number of aryl methyl sites for hydroxylation is 1. The minimum atomic E-state index is -0.479. The van der Waals surface area contributed by atoms with Gasteiger partial charge in [-0.25, -0.2) is 4.79 Å². The number of esters is 1. The molecular weight excluding hydrogens is 340 g/mol. The van der Waals surface area contributed by atoms with Gasteiger partial charge in [0.25, 0.3) is 0 Å². The summed E-state index contributed by atoms with van der Waals surface area (Å²) in [7, 11) is 5.26. The number of carbonyl (C=O) groups is 2. The molecule has 25 heavy (non-hydrogen) atoms. The molecule has 2 aromatic carbocycles. The number of carbonyl (C=O) groups excluding carboxylic acids is 2. The van der Waals surface area contributed by atoms with E-state index in [2.05, 4.69) is 10.1 Å². The minimum absolute atomic E-state index is 0.166. The fourth-order valence-electron chi connectivity index (χ4n) is 2.30. The highest BCUT2D eigenvalue weighted by Crippen LogP contribution is 2.24. The van der Waals surface area contributed by atoms with Crippen molar-refractivity contribution < 1.29 is 14.3 Å². The Kier molecular flexibility index (Phi) is 6.42. The second-order valence-electron chi connectivity index (χ2n) is 5.80. The number of benzene rings is 2. The van der Waals surface area contributed by atoms with Gasteiger partial charge in [-0.3, -0.25) is 4.79 Å². The van der Waals surface area contributed by atoms with E-state index >= 15 is 0 Å². The normalized spacial score (nSPS) is 10.2. The lowest BCUT2D eigenvalue weighted by atomic mass is 10.1.